The maximum Gasteiger partial charge on any atom is 0.407 e. The standard InChI is InChI=1S/C7H16N2O4S/c1-6(2)13-7(10)8-4-5-9-14(3,11)12/h6,9H,4-5H2,1-3H3,(H,8,10). The molecule has 84 valence electrons. The lowest BCUT2D eigenvalue weighted by Crippen LogP contribution is -2.35. The summed E-state index contributed by atoms with van der Waals surface area (Å²) in [5, 5.41) is 2.40. The van der Waals surface area contributed by atoms with E-state index in [9.17, 15) is 13.2 Å². The molecule has 0 saturated heterocycles. The molecule has 2 N–H and O–H groups in total. The third-order valence-corrected chi connectivity index (χ3v) is 1.83. The minimum absolute atomic E-state index is 0.159. The number of carbonyl (C=O) groups excluding carboxylic acids is 1. The van der Waals surface area contributed by atoms with Gasteiger partial charge >= 0.3 is 6.09 Å². The van der Waals surface area contributed by atoms with E-state index in [2.05, 4.69) is 10.0 Å². The van der Waals surface area contributed by atoms with Crippen molar-refractivity contribution in [3.63, 3.8) is 0 Å². The first kappa shape index (κ1) is 13.2. The van der Waals surface area contributed by atoms with Crippen LogP contribution in [0.3, 0.4) is 0 Å². The van der Waals surface area contributed by atoms with Gasteiger partial charge in [0, 0.05) is 13.1 Å². The van der Waals surface area contributed by atoms with Crippen LogP contribution in [0.1, 0.15) is 13.8 Å². The van der Waals surface area contributed by atoms with Gasteiger partial charge in [0.2, 0.25) is 10.0 Å². The maximum atomic E-state index is 10.9. The average molecular weight is 224 g/mol. The van der Waals surface area contributed by atoms with Crippen LogP contribution in [-0.2, 0) is 14.8 Å². The molecule has 0 fully saturated rings. The molecule has 0 aliphatic carbocycles. The Balaban J connectivity index is 3.51. The summed E-state index contributed by atoms with van der Waals surface area (Å²) in [6.07, 6.45) is 0.326. The number of alkyl carbamates (subject to hydrolysis) is 1. The smallest absolute Gasteiger partial charge is 0.407 e. The zero-order valence-electron chi connectivity index (χ0n) is 8.53. The van der Waals surface area contributed by atoms with Crippen molar-refractivity contribution in [2.24, 2.45) is 0 Å². The fraction of sp³-hybridized carbons (Fsp3) is 0.857. The van der Waals surface area contributed by atoms with E-state index < -0.39 is 16.1 Å². The molecule has 0 aliphatic rings. The second kappa shape index (κ2) is 5.82. The summed E-state index contributed by atoms with van der Waals surface area (Å²) in [6, 6.07) is 0. The first-order valence-corrected chi connectivity index (χ1v) is 6.09. The molecule has 0 aromatic heterocycles. The first-order chi connectivity index (χ1) is 6.31. The number of hydrogen-bond donors (Lipinski definition) is 2. The Morgan fingerprint density at radius 1 is 1.36 bits per heavy atom. The van der Waals surface area contributed by atoms with Crippen LogP contribution >= 0.6 is 0 Å². The van der Waals surface area contributed by atoms with Crippen LogP contribution in [0.25, 0.3) is 0 Å². The second-order valence-corrected chi connectivity index (χ2v) is 4.88. The number of hydrogen-bond acceptors (Lipinski definition) is 4. The van der Waals surface area contributed by atoms with Gasteiger partial charge in [0.25, 0.3) is 0 Å². The average Bonchev–Trinajstić information content (AvgIpc) is 1.95. The number of sulfonamides is 1. The summed E-state index contributed by atoms with van der Waals surface area (Å²) < 4.78 is 28.2. The quantitative estimate of drug-likeness (QED) is 0.626. The molecular formula is C7H16N2O4S. The van der Waals surface area contributed by atoms with Gasteiger partial charge in [0.05, 0.1) is 12.4 Å². The fourth-order valence-electron chi connectivity index (χ4n) is 0.657. The number of ether oxygens (including phenoxy) is 1. The highest BCUT2D eigenvalue weighted by Gasteiger charge is 2.04. The van der Waals surface area contributed by atoms with Gasteiger partial charge in [-0.3, -0.25) is 0 Å². The summed E-state index contributed by atoms with van der Waals surface area (Å²) in [5.74, 6) is 0. The Morgan fingerprint density at radius 2 is 1.93 bits per heavy atom. The molecular weight excluding hydrogens is 208 g/mol. The Morgan fingerprint density at radius 3 is 2.36 bits per heavy atom. The monoisotopic (exact) mass is 224 g/mol. The molecule has 0 unspecified atom stereocenters. The van der Waals surface area contributed by atoms with Gasteiger partial charge in [-0.05, 0) is 13.8 Å². The number of rotatable bonds is 5. The van der Waals surface area contributed by atoms with E-state index in [1.165, 1.54) is 0 Å². The normalized spacial score (nSPS) is 11.4. The topological polar surface area (TPSA) is 84.5 Å². The number of nitrogens with one attached hydrogen (secondary N) is 2. The van der Waals surface area contributed by atoms with Crippen LogP contribution in [0.5, 0.6) is 0 Å². The first-order valence-electron chi connectivity index (χ1n) is 4.20. The lowest BCUT2D eigenvalue weighted by Gasteiger charge is -2.09. The Hall–Kier alpha value is -0.820. The van der Waals surface area contributed by atoms with Crippen molar-refractivity contribution in [3.8, 4) is 0 Å². The molecule has 0 atom stereocenters. The van der Waals surface area contributed by atoms with Gasteiger partial charge in [0.1, 0.15) is 0 Å². The fourth-order valence-corrected chi connectivity index (χ4v) is 1.13. The van der Waals surface area contributed by atoms with E-state index >= 15 is 0 Å². The van der Waals surface area contributed by atoms with Crippen LogP contribution in [0.4, 0.5) is 4.79 Å². The van der Waals surface area contributed by atoms with E-state index in [1.807, 2.05) is 0 Å². The summed E-state index contributed by atoms with van der Waals surface area (Å²) in [5.41, 5.74) is 0. The molecule has 0 radical (unpaired) electrons. The van der Waals surface area contributed by atoms with Crippen LogP contribution in [0.2, 0.25) is 0 Å². The van der Waals surface area contributed by atoms with Gasteiger partial charge < -0.3 is 10.1 Å². The lowest BCUT2D eigenvalue weighted by atomic mass is 10.5. The number of carbonyl (C=O) groups is 1. The van der Waals surface area contributed by atoms with Gasteiger partial charge in [-0.25, -0.2) is 17.9 Å². The zero-order chi connectivity index (χ0) is 11.2. The molecule has 0 saturated carbocycles. The van der Waals surface area contributed by atoms with Gasteiger partial charge in [-0.1, -0.05) is 0 Å². The highest BCUT2D eigenvalue weighted by Crippen LogP contribution is 1.87. The van der Waals surface area contributed by atoms with Crippen molar-refractivity contribution < 1.29 is 17.9 Å². The van der Waals surface area contributed by atoms with Crippen molar-refractivity contribution in [3.05, 3.63) is 0 Å². The molecule has 14 heavy (non-hydrogen) atoms. The van der Waals surface area contributed by atoms with Crippen molar-refractivity contribution in [1.82, 2.24) is 10.0 Å². The maximum absolute atomic E-state index is 10.9. The van der Waals surface area contributed by atoms with E-state index in [0.717, 1.165) is 6.26 Å². The minimum atomic E-state index is -3.19. The molecule has 1 amide bonds. The van der Waals surface area contributed by atoms with Gasteiger partial charge in [-0.15, -0.1) is 0 Å². The van der Waals surface area contributed by atoms with E-state index in [-0.39, 0.29) is 19.2 Å². The highest BCUT2D eigenvalue weighted by atomic mass is 32.2. The Kier molecular flexibility index (Phi) is 5.47. The summed E-state index contributed by atoms with van der Waals surface area (Å²) in [7, 11) is -3.19. The molecule has 0 aliphatic heterocycles. The second-order valence-electron chi connectivity index (χ2n) is 3.05. The van der Waals surface area contributed by atoms with E-state index in [4.69, 9.17) is 4.74 Å². The predicted octanol–water partition coefficient (Wildman–Crippen LogP) is -0.330. The molecule has 0 bridgehead atoms. The van der Waals surface area contributed by atoms with Crippen molar-refractivity contribution >= 4 is 16.1 Å². The molecule has 0 rings (SSSR count). The molecule has 6 nitrogen and oxygen atoms in total. The Labute approximate surface area is 84.1 Å². The van der Waals surface area contributed by atoms with Gasteiger partial charge in [0.15, 0.2) is 0 Å². The molecule has 0 aromatic carbocycles. The molecule has 7 heteroatoms. The third kappa shape index (κ3) is 9.27. The summed E-state index contributed by atoms with van der Waals surface area (Å²) in [6.45, 7) is 3.83. The number of amides is 1. The van der Waals surface area contributed by atoms with Crippen molar-refractivity contribution in [1.29, 1.82) is 0 Å². The van der Waals surface area contributed by atoms with Crippen LogP contribution in [0, 0.1) is 0 Å². The molecule has 0 heterocycles. The van der Waals surface area contributed by atoms with E-state index in [0.29, 0.717) is 0 Å². The summed E-state index contributed by atoms with van der Waals surface area (Å²) in [4.78, 5) is 10.9. The SMILES string of the molecule is CC(C)OC(=O)NCCNS(C)(=O)=O. The Bertz CT molecular complexity index is 273. The van der Waals surface area contributed by atoms with Crippen LogP contribution in [0.15, 0.2) is 0 Å². The van der Waals surface area contributed by atoms with Crippen LogP contribution in [-0.4, -0.2) is 40.0 Å². The van der Waals surface area contributed by atoms with E-state index in [1.54, 1.807) is 13.8 Å². The van der Waals surface area contributed by atoms with Crippen molar-refractivity contribution in [2.75, 3.05) is 19.3 Å². The highest BCUT2D eigenvalue weighted by molar-refractivity contribution is 7.88. The molecule has 0 aromatic rings. The molecule has 0 spiro atoms. The largest absolute Gasteiger partial charge is 0.447 e. The predicted molar refractivity (Wildman–Crippen MR) is 52.5 cm³/mol. The minimum Gasteiger partial charge on any atom is -0.447 e. The van der Waals surface area contributed by atoms with Crippen molar-refractivity contribution in [2.45, 2.75) is 20.0 Å². The third-order valence-electron chi connectivity index (χ3n) is 1.10. The summed E-state index contributed by atoms with van der Waals surface area (Å²) >= 11 is 0. The lowest BCUT2D eigenvalue weighted by molar-refractivity contribution is 0.116. The zero-order valence-corrected chi connectivity index (χ0v) is 9.35. The van der Waals surface area contributed by atoms with Crippen LogP contribution < -0.4 is 10.0 Å². The van der Waals surface area contributed by atoms with Gasteiger partial charge in [-0.2, -0.15) is 0 Å².